The highest BCUT2D eigenvalue weighted by Crippen LogP contribution is 2.18. The Bertz CT molecular complexity index is 967. The van der Waals surface area contributed by atoms with Gasteiger partial charge in [-0.15, -0.1) is 11.3 Å². The van der Waals surface area contributed by atoms with Crippen LogP contribution in [0.4, 0.5) is 11.4 Å². The van der Waals surface area contributed by atoms with Crippen LogP contribution in [-0.4, -0.2) is 29.5 Å². The fourth-order valence-corrected chi connectivity index (χ4v) is 2.91. The highest BCUT2D eigenvalue weighted by molar-refractivity contribution is 7.12. The first-order valence-electron chi connectivity index (χ1n) is 8.22. The van der Waals surface area contributed by atoms with Gasteiger partial charge < -0.3 is 20.5 Å². The molecule has 0 aliphatic rings. The van der Waals surface area contributed by atoms with Crippen LogP contribution in [0.15, 0.2) is 66.0 Å². The molecule has 0 saturated carbocycles. The Labute approximate surface area is 164 Å². The van der Waals surface area contributed by atoms with Crippen molar-refractivity contribution in [1.29, 1.82) is 0 Å². The van der Waals surface area contributed by atoms with Crippen molar-refractivity contribution < 1.29 is 24.2 Å². The maximum Gasteiger partial charge on any atom is 0.341 e. The zero-order chi connectivity index (χ0) is 19.9. The number of anilines is 2. The Morgan fingerprint density at radius 2 is 1.46 bits per heavy atom. The van der Waals surface area contributed by atoms with Crippen molar-refractivity contribution in [1.82, 2.24) is 0 Å². The molecule has 28 heavy (non-hydrogen) atoms. The van der Waals surface area contributed by atoms with E-state index in [1.165, 1.54) is 11.3 Å². The van der Waals surface area contributed by atoms with Gasteiger partial charge in [-0.2, -0.15) is 0 Å². The van der Waals surface area contributed by atoms with Crippen LogP contribution in [0.3, 0.4) is 0 Å². The average Bonchev–Trinajstić information content (AvgIpc) is 3.23. The Hall–Kier alpha value is -3.65. The molecule has 0 unspecified atom stereocenters. The Morgan fingerprint density at radius 3 is 2.04 bits per heavy atom. The van der Waals surface area contributed by atoms with Gasteiger partial charge in [0, 0.05) is 16.9 Å². The smallest absolute Gasteiger partial charge is 0.341 e. The lowest BCUT2D eigenvalue weighted by atomic mass is 10.2. The van der Waals surface area contributed by atoms with Gasteiger partial charge in [0.05, 0.1) is 4.88 Å². The first-order valence-corrected chi connectivity index (χ1v) is 9.10. The van der Waals surface area contributed by atoms with E-state index in [9.17, 15) is 14.4 Å². The van der Waals surface area contributed by atoms with Crippen molar-refractivity contribution in [3.05, 3.63) is 76.5 Å². The number of nitrogens with one attached hydrogen (secondary N) is 2. The standard InChI is InChI=1S/C20H16N2O5S/c23-18(24)12-27-16-9-7-15(8-10-16)21-19(25)13-3-5-14(6-4-13)22-20(26)17-2-1-11-28-17/h1-11H,12H2,(H,21,25)(H,22,26)(H,23,24). The minimum atomic E-state index is -1.06. The minimum Gasteiger partial charge on any atom is -0.482 e. The summed E-state index contributed by atoms with van der Waals surface area (Å²) in [5.74, 6) is -1.17. The molecule has 0 bridgehead atoms. The predicted molar refractivity (Wildman–Crippen MR) is 106 cm³/mol. The second-order valence-corrected chi connectivity index (χ2v) is 6.62. The number of rotatable bonds is 7. The van der Waals surface area contributed by atoms with Crippen LogP contribution < -0.4 is 15.4 Å². The van der Waals surface area contributed by atoms with Crippen molar-refractivity contribution in [2.75, 3.05) is 17.2 Å². The maximum atomic E-state index is 12.3. The van der Waals surface area contributed by atoms with Crippen LogP contribution in [0, 0.1) is 0 Å². The lowest BCUT2D eigenvalue weighted by molar-refractivity contribution is -0.139. The molecule has 8 heteroatoms. The minimum absolute atomic E-state index is 0.197. The van der Waals surface area contributed by atoms with Gasteiger partial charge in [0.15, 0.2) is 6.61 Å². The van der Waals surface area contributed by atoms with Crippen molar-refractivity contribution in [2.45, 2.75) is 0 Å². The molecule has 7 nitrogen and oxygen atoms in total. The first-order chi connectivity index (χ1) is 13.5. The first kappa shape index (κ1) is 19.1. The van der Waals surface area contributed by atoms with E-state index in [1.807, 2.05) is 5.38 Å². The molecular formula is C20H16N2O5S. The molecule has 1 heterocycles. The SMILES string of the molecule is O=C(O)COc1ccc(NC(=O)c2ccc(NC(=O)c3cccs3)cc2)cc1. The number of thiophene rings is 1. The fraction of sp³-hybridized carbons (Fsp3) is 0.0500. The summed E-state index contributed by atoms with van der Waals surface area (Å²) < 4.78 is 5.04. The van der Waals surface area contributed by atoms with Crippen molar-refractivity contribution >= 4 is 40.5 Å². The van der Waals surface area contributed by atoms with Crippen molar-refractivity contribution in [3.63, 3.8) is 0 Å². The van der Waals surface area contributed by atoms with Gasteiger partial charge in [-0.25, -0.2) is 4.79 Å². The zero-order valence-corrected chi connectivity index (χ0v) is 15.4. The number of hydrogen-bond donors (Lipinski definition) is 3. The maximum absolute atomic E-state index is 12.3. The van der Waals surface area contributed by atoms with Crippen LogP contribution in [-0.2, 0) is 4.79 Å². The number of amides is 2. The number of carbonyl (C=O) groups is 3. The van der Waals surface area contributed by atoms with E-state index in [2.05, 4.69) is 10.6 Å². The van der Waals surface area contributed by atoms with Gasteiger partial charge in [-0.3, -0.25) is 9.59 Å². The summed E-state index contributed by atoms with van der Waals surface area (Å²) in [6.07, 6.45) is 0. The van der Waals surface area contributed by atoms with Gasteiger partial charge in [0.25, 0.3) is 11.8 Å². The van der Waals surface area contributed by atoms with E-state index >= 15 is 0 Å². The van der Waals surface area contributed by atoms with Gasteiger partial charge in [0.2, 0.25) is 0 Å². The molecule has 1 aromatic heterocycles. The number of ether oxygens (including phenoxy) is 1. The van der Waals surface area contributed by atoms with Crippen LogP contribution in [0.2, 0.25) is 0 Å². The zero-order valence-electron chi connectivity index (χ0n) is 14.5. The number of carbonyl (C=O) groups excluding carboxylic acids is 2. The third-order valence-electron chi connectivity index (χ3n) is 3.62. The molecule has 142 valence electrons. The van der Waals surface area contributed by atoms with Gasteiger partial charge >= 0.3 is 5.97 Å². The summed E-state index contributed by atoms with van der Waals surface area (Å²) >= 11 is 1.35. The Balaban J connectivity index is 1.57. The normalized spacial score (nSPS) is 10.1. The van der Waals surface area contributed by atoms with Crippen LogP contribution in [0.5, 0.6) is 5.75 Å². The summed E-state index contributed by atoms with van der Waals surface area (Å²) in [5.41, 5.74) is 1.57. The Morgan fingerprint density at radius 1 is 0.857 bits per heavy atom. The molecular weight excluding hydrogens is 380 g/mol. The third-order valence-corrected chi connectivity index (χ3v) is 4.49. The van der Waals surface area contributed by atoms with E-state index in [1.54, 1.807) is 60.7 Å². The summed E-state index contributed by atoms with van der Waals surface area (Å²) in [6.45, 7) is -0.429. The highest BCUT2D eigenvalue weighted by atomic mass is 32.1. The molecule has 3 aromatic rings. The number of benzene rings is 2. The molecule has 3 N–H and O–H groups in total. The summed E-state index contributed by atoms with van der Waals surface area (Å²) in [5, 5.41) is 15.9. The van der Waals surface area contributed by atoms with Crippen LogP contribution >= 0.6 is 11.3 Å². The highest BCUT2D eigenvalue weighted by Gasteiger charge is 2.09. The topological polar surface area (TPSA) is 105 Å². The second kappa shape index (κ2) is 8.83. The van der Waals surface area contributed by atoms with Gasteiger partial charge in [0.1, 0.15) is 5.75 Å². The van der Waals surface area contributed by atoms with Gasteiger partial charge in [-0.1, -0.05) is 6.07 Å². The number of hydrogen-bond acceptors (Lipinski definition) is 5. The van der Waals surface area contributed by atoms with E-state index in [0.29, 0.717) is 27.6 Å². The molecule has 3 rings (SSSR count). The molecule has 0 saturated heterocycles. The van der Waals surface area contributed by atoms with E-state index in [4.69, 9.17) is 9.84 Å². The lowest BCUT2D eigenvalue weighted by Crippen LogP contribution is -2.13. The van der Waals surface area contributed by atoms with Gasteiger partial charge in [-0.05, 0) is 60.0 Å². The second-order valence-electron chi connectivity index (χ2n) is 5.67. The van der Waals surface area contributed by atoms with E-state index in [0.717, 1.165) is 0 Å². The number of carboxylic acids is 1. The quantitative estimate of drug-likeness (QED) is 0.565. The summed E-state index contributed by atoms with van der Waals surface area (Å²) in [7, 11) is 0. The molecule has 0 atom stereocenters. The molecule has 0 aliphatic carbocycles. The summed E-state index contributed by atoms with van der Waals surface area (Å²) in [6, 6.07) is 16.5. The lowest BCUT2D eigenvalue weighted by Gasteiger charge is -2.08. The van der Waals surface area contributed by atoms with Crippen LogP contribution in [0.25, 0.3) is 0 Å². The predicted octanol–water partition coefficient (Wildman–Crippen LogP) is 3.72. The average molecular weight is 396 g/mol. The van der Waals surface area contributed by atoms with E-state index in [-0.39, 0.29) is 11.8 Å². The molecule has 0 aliphatic heterocycles. The molecule has 0 fully saturated rings. The largest absolute Gasteiger partial charge is 0.482 e. The van der Waals surface area contributed by atoms with E-state index < -0.39 is 12.6 Å². The molecule has 2 amide bonds. The molecule has 0 spiro atoms. The van der Waals surface area contributed by atoms with Crippen molar-refractivity contribution in [3.8, 4) is 5.75 Å². The Kier molecular flexibility index (Phi) is 6.03. The molecule has 2 aromatic carbocycles. The summed E-state index contributed by atoms with van der Waals surface area (Å²) in [4.78, 5) is 35.4. The van der Waals surface area contributed by atoms with Crippen LogP contribution in [0.1, 0.15) is 20.0 Å². The monoisotopic (exact) mass is 396 g/mol. The fourth-order valence-electron chi connectivity index (χ4n) is 2.29. The number of carboxylic acid groups (broad SMARTS) is 1. The molecule has 0 radical (unpaired) electrons. The third kappa shape index (κ3) is 5.18. The van der Waals surface area contributed by atoms with Crippen molar-refractivity contribution in [2.24, 2.45) is 0 Å². The number of aliphatic carboxylic acids is 1.